The minimum Gasteiger partial charge on any atom is -0.303 e. The normalized spacial score (nSPS) is 23.8. The third-order valence-corrected chi connectivity index (χ3v) is 24.4. The van der Waals surface area contributed by atoms with Gasteiger partial charge in [0.15, 0.2) is 0 Å². The largest absolute Gasteiger partial charge is 0.303 e. The molecule has 1 nitrogen and oxygen atoms in total. The first-order chi connectivity index (χ1) is 31.4. The van der Waals surface area contributed by atoms with E-state index in [-0.39, 0.29) is 11.0 Å². The van der Waals surface area contributed by atoms with E-state index >= 15 is 0 Å². The Balaban J connectivity index is 1.31. The summed E-state index contributed by atoms with van der Waals surface area (Å²) in [5.74, 6) is 0. The van der Waals surface area contributed by atoms with Crippen molar-refractivity contribution in [2.45, 2.75) is 17.4 Å². The maximum absolute atomic E-state index is 4.72. The topological polar surface area (TPSA) is 12.0 Å². The van der Waals surface area contributed by atoms with E-state index < -0.39 is 0 Å². The predicted molar refractivity (Wildman–Crippen MR) is 266 cm³/mol. The highest BCUT2D eigenvalue weighted by Gasteiger charge is 2.71. The summed E-state index contributed by atoms with van der Waals surface area (Å²) in [4.78, 5) is 0. The van der Waals surface area contributed by atoms with Crippen LogP contribution in [0.2, 0.25) is 0 Å². The second-order valence-electron chi connectivity index (χ2n) is 24.1. The van der Waals surface area contributed by atoms with Crippen LogP contribution in [0.5, 0.6) is 0 Å². The van der Waals surface area contributed by atoms with Gasteiger partial charge in [-0.05, 0) is 326 Å². The predicted octanol–water partition coefficient (Wildman–Crippen LogP) is 16.2. The minimum absolute atomic E-state index is 0.113. The zero-order chi connectivity index (χ0) is 36.6. The highest BCUT2D eigenvalue weighted by atomic mass is 15.1. The molecule has 1 N–H and O–H groups in total. The Labute approximate surface area is 340 Å². The lowest BCUT2D eigenvalue weighted by Crippen LogP contribution is -2.52. The summed E-state index contributed by atoms with van der Waals surface area (Å²) >= 11 is 0. The Kier molecular flexibility index (Phi) is 1.65. The van der Waals surface area contributed by atoms with Crippen molar-refractivity contribution in [3.8, 4) is 0 Å². The van der Waals surface area contributed by atoms with Crippen molar-refractivity contribution in [1.82, 2.24) is 5.32 Å². The molecule has 63 heavy (non-hydrogen) atoms. The van der Waals surface area contributed by atoms with Gasteiger partial charge in [0, 0.05) is 0 Å². The second-order valence-corrected chi connectivity index (χ2v) is 24.1. The van der Waals surface area contributed by atoms with Gasteiger partial charge in [-0.3, -0.25) is 0 Å². The average molecular weight is 764 g/mol. The van der Waals surface area contributed by atoms with Gasteiger partial charge in [0.25, 0.3) is 0 Å². The molecule has 5 aliphatic rings. The van der Waals surface area contributed by atoms with E-state index in [1.54, 1.807) is 313 Å². The van der Waals surface area contributed by atoms with Crippen molar-refractivity contribution in [2.75, 3.05) is 6.54 Å². The standard InChI is InChI=1S/C62H5N/c1-2-63-62-59-52-44-32-24-15-6-4-3-5-9(6)18-25-23-14(5)16-12-7(3)10-11-8(4)13-17(15)30(32)38-36-22(13)20(11)28-27-19(10)21(12)35-37-29(16)31(23)43-45-33(25)34(26(18)24)46(44)55(59)54(45)57-50(43)48(37)51-41(35)39(27)47-40(28)42(36)53(49(38)52)60(62)56(47)58(51)61(1,57)62/h63H,1-2H2. The molecule has 28 aromatic carbocycles. The average Bonchev–Trinajstić information content (AvgIpc) is 4.12. The van der Waals surface area contributed by atoms with Gasteiger partial charge in [0.1, 0.15) is 0 Å². The fourth-order valence-corrected chi connectivity index (χ4v) is 24.6. The number of benzene rings is 17. The van der Waals surface area contributed by atoms with Gasteiger partial charge < -0.3 is 5.32 Å². The van der Waals surface area contributed by atoms with E-state index in [1.165, 1.54) is 6.42 Å². The van der Waals surface area contributed by atoms with Gasteiger partial charge in [-0.15, -0.1) is 0 Å². The lowest BCUT2D eigenvalue weighted by molar-refractivity contribution is 0.360. The summed E-state index contributed by atoms with van der Waals surface area (Å²) < 4.78 is 0. The smallest absolute Gasteiger partial charge is 0.0856 e. The molecule has 0 bridgehead atoms. The summed E-state index contributed by atoms with van der Waals surface area (Å²) in [5, 5.41) is 95.7. The molecule has 2 spiro atoms. The summed E-state index contributed by atoms with van der Waals surface area (Å²) in [5.41, 5.74) is 6.71. The molecule has 0 aromatic heterocycles. The van der Waals surface area contributed by atoms with Crippen molar-refractivity contribution >= 4 is 291 Å². The molecule has 2 atom stereocenters. The quantitative estimate of drug-likeness (QED) is 0.152. The van der Waals surface area contributed by atoms with Gasteiger partial charge in [-0.1, -0.05) is 0 Å². The van der Waals surface area contributed by atoms with Crippen LogP contribution in [0, 0.1) is 0 Å². The Bertz CT molecular complexity index is 6670. The third kappa shape index (κ3) is 1.07. The molecule has 1 heteroatoms. The van der Waals surface area contributed by atoms with E-state index in [1.807, 2.05) is 0 Å². The molecule has 0 saturated carbocycles. The molecule has 258 valence electrons. The first-order valence-electron chi connectivity index (χ1n) is 24.0. The fraction of sp³-hybridized carbons (Fsp3) is 0.0645. The highest BCUT2D eigenvalue weighted by Crippen LogP contribution is 2.85. The number of rotatable bonds is 0. The van der Waals surface area contributed by atoms with Crippen LogP contribution in [0.1, 0.15) is 28.7 Å². The zero-order valence-corrected chi connectivity index (χ0v) is 31.9. The maximum atomic E-state index is 4.72. The summed E-state index contributed by atoms with van der Waals surface area (Å²) in [6.07, 6.45) is 1.20. The molecule has 2 unspecified atom stereocenters. The highest BCUT2D eigenvalue weighted by molar-refractivity contribution is 6.82. The molecule has 1 heterocycles. The van der Waals surface area contributed by atoms with E-state index in [0.717, 1.165) is 6.54 Å². The van der Waals surface area contributed by atoms with Gasteiger partial charge in [-0.25, -0.2) is 0 Å². The van der Waals surface area contributed by atoms with Gasteiger partial charge in [-0.2, -0.15) is 0 Å². The fourth-order valence-electron chi connectivity index (χ4n) is 24.6. The van der Waals surface area contributed by atoms with Crippen LogP contribution < -0.4 is 5.32 Å². The number of hydrogen-bond donors (Lipinski definition) is 1. The lowest BCUT2D eigenvalue weighted by Gasteiger charge is -2.48. The lowest BCUT2D eigenvalue weighted by atomic mass is 9.55. The van der Waals surface area contributed by atoms with Crippen molar-refractivity contribution < 1.29 is 0 Å². The molecule has 28 aromatic rings. The Hall–Kier alpha value is -7.58. The molecule has 1 fully saturated rings. The van der Waals surface area contributed by atoms with Gasteiger partial charge in [0.2, 0.25) is 0 Å². The van der Waals surface area contributed by atoms with E-state index in [4.69, 9.17) is 5.32 Å². The zero-order valence-electron chi connectivity index (χ0n) is 31.9. The SMILES string of the molecule is C1CC23c4c5c6c7c8c9c(c%10c%11c2c2c%12c4c4c%13c5c5c7c7c8c8c%14c9c%10c9c%10c%11c2c2c%11c%12c4c4c%12c%13c5c5c7c7c8c8c%14c9c9c%10c2c2c%11c4c4c%12c5c7c5c8c9c2c45)C63N1. The summed E-state index contributed by atoms with van der Waals surface area (Å²) in [7, 11) is 0. The van der Waals surface area contributed by atoms with Crippen LogP contribution in [0.3, 0.4) is 0 Å². The van der Waals surface area contributed by atoms with Crippen LogP contribution >= 0.6 is 0 Å². The van der Waals surface area contributed by atoms with Crippen LogP contribution in [-0.4, -0.2) is 6.54 Å². The molecule has 0 radical (unpaired) electrons. The first kappa shape index (κ1) is 22.0. The maximum Gasteiger partial charge on any atom is 0.0856 e. The molecular formula is C62H5N. The van der Waals surface area contributed by atoms with Crippen molar-refractivity contribution in [2.24, 2.45) is 0 Å². The number of hydrogen-bond acceptors (Lipinski definition) is 1. The second kappa shape index (κ2) is 4.72. The Morgan fingerprint density at radius 3 is 0.619 bits per heavy atom. The minimum atomic E-state index is -0.252. The van der Waals surface area contributed by atoms with Crippen molar-refractivity contribution in [3.05, 3.63) is 22.3 Å². The molecule has 33 rings (SSSR count). The van der Waals surface area contributed by atoms with Crippen molar-refractivity contribution in [3.63, 3.8) is 0 Å². The first-order valence-corrected chi connectivity index (χ1v) is 24.0. The molecule has 4 aliphatic carbocycles. The molecule has 0 amide bonds. The van der Waals surface area contributed by atoms with Gasteiger partial charge >= 0.3 is 0 Å². The van der Waals surface area contributed by atoms with Crippen LogP contribution in [0.25, 0.3) is 291 Å². The van der Waals surface area contributed by atoms with Crippen LogP contribution in [0.15, 0.2) is 0 Å². The molecule has 1 aliphatic heterocycles. The Morgan fingerprint density at radius 2 is 0.333 bits per heavy atom. The van der Waals surface area contributed by atoms with Gasteiger partial charge in [0.05, 0.1) is 11.0 Å². The van der Waals surface area contributed by atoms with Crippen LogP contribution in [0.4, 0.5) is 0 Å². The van der Waals surface area contributed by atoms with E-state index in [9.17, 15) is 0 Å². The van der Waals surface area contributed by atoms with Crippen molar-refractivity contribution in [1.29, 1.82) is 0 Å². The van der Waals surface area contributed by atoms with Crippen LogP contribution in [-0.2, 0) is 11.0 Å². The monoisotopic (exact) mass is 763 g/mol. The number of nitrogens with one attached hydrogen (secondary N) is 1. The van der Waals surface area contributed by atoms with E-state index in [2.05, 4.69) is 0 Å². The molecule has 1 saturated heterocycles. The summed E-state index contributed by atoms with van der Waals surface area (Å²) in [6, 6.07) is 0. The molecular weight excluding hydrogens is 759 g/mol. The van der Waals surface area contributed by atoms with E-state index in [0.29, 0.717) is 0 Å². The Morgan fingerprint density at radius 1 is 0.175 bits per heavy atom. The third-order valence-electron chi connectivity index (χ3n) is 24.4. The summed E-state index contributed by atoms with van der Waals surface area (Å²) in [6.45, 7) is 1.08.